The third-order valence-electron chi connectivity index (χ3n) is 3.76. The number of hydrogen-bond donors (Lipinski definition) is 2. The van der Waals surface area contributed by atoms with Crippen molar-refractivity contribution < 1.29 is 9.59 Å². The molecule has 22 heavy (non-hydrogen) atoms. The number of carbonyl (C=O) groups is 2. The zero-order valence-electron chi connectivity index (χ0n) is 12.7. The van der Waals surface area contributed by atoms with Gasteiger partial charge >= 0.3 is 0 Å². The second-order valence-corrected chi connectivity index (χ2v) is 6.45. The average molecular weight is 365 g/mol. The summed E-state index contributed by atoms with van der Waals surface area (Å²) in [4.78, 5) is 23.9. The van der Waals surface area contributed by atoms with Crippen molar-refractivity contribution in [2.45, 2.75) is 32.6 Å². The summed E-state index contributed by atoms with van der Waals surface area (Å²) >= 11 is 3.39. The fourth-order valence-corrected chi connectivity index (χ4v) is 2.78. The van der Waals surface area contributed by atoms with E-state index in [0.29, 0.717) is 6.54 Å². The molecule has 0 saturated carbocycles. The smallest absolute Gasteiger partial charge is 0.226 e. The number of nitrogens with one attached hydrogen (secondary N) is 2. The van der Waals surface area contributed by atoms with Gasteiger partial charge in [0.1, 0.15) is 0 Å². The highest BCUT2D eigenvalue weighted by molar-refractivity contribution is 9.10. The van der Waals surface area contributed by atoms with Crippen LogP contribution in [0, 0.1) is 12.8 Å². The second kappa shape index (κ2) is 8.13. The molecule has 0 fully saturated rings. The molecule has 0 bridgehead atoms. The fraction of sp³-hybridized carbons (Fsp3) is 0.412. The third-order valence-corrected chi connectivity index (χ3v) is 4.26. The molecule has 1 aromatic rings. The Morgan fingerprint density at radius 2 is 2.14 bits per heavy atom. The maximum Gasteiger partial charge on any atom is 0.226 e. The molecule has 2 N–H and O–H groups in total. The highest BCUT2D eigenvalue weighted by Crippen LogP contribution is 2.21. The molecule has 1 aliphatic carbocycles. The quantitative estimate of drug-likeness (QED) is 0.784. The first-order valence-corrected chi connectivity index (χ1v) is 8.34. The van der Waals surface area contributed by atoms with Crippen LogP contribution in [-0.4, -0.2) is 18.4 Å². The van der Waals surface area contributed by atoms with Gasteiger partial charge in [0.05, 0.1) is 0 Å². The first-order valence-electron chi connectivity index (χ1n) is 7.55. The highest BCUT2D eigenvalue weighted by atomic mass is 79.9. The number of anilines is 1. The van der Waals surface area contributed by atoms with Gasteiger partial charge in [-0.25, -0.2) is 0 Å². The van der Waals surface area contributed by atoms with Crippen molar-refractivity contribution in [1.82, 2.24) is 5.32 Å². The summed E-state index contributed by atoms with van der Waals surface area (Å²) in [5.74, 6) is 0.0150. The Balaban J connectivity index is 1.74. The van der Waals surface area contributed by atoms with Crippen LogP contribution >= 0.6 is 15.9 Å². The molecule has 118 valence electrons. The van der Waals surface area contributed by atoms with Gasteiger partial charge in [0, 0.05) is 29.0 Å². The Kier molecular flexibility index (Phi) is 6.19. The number of hydrogen-bond acceptors (Lipinski definition) is 2. The van der Waals surface area contributed by atoms with Gasteiger partial charge in [-0.05, 0) is 43.9 Å². The van der Waals surface area contributed by atoms with Crippen LogP contribution in [0.4, 0.5) is 5.69 Å². The largest absolute Gasteiger partial charge is 0.355 e. The summed E-state index contributed by atoms with van der Waals surface area (Å²) in [6.45, 7) is 2.32. The summed E-state index contributed by atoms with van der Waals surface area (Å²) in [5.41, 5.74) is 1.80. The minimum atomic E-state index is -0.0926. The maximum absolute atomic E-state index is 12.0. The molecule has 1 atom stereocenters. The molecule has 0 radical (unpaired) electrons. The molecular formula is C17H21BrN2O2. The van der Waals surface area contributed by atoms with Crippen LogP contribution in [0.1, 0.15) is 31.2 Å². The Bertz CT molecular complexity index is 584. The van der Waals surface area contributed by atoms with Gasteiger partial charge in [-0.3, -0.25) is 9.59 Å². The number of benzene rings is 1. The second-order valence-electron chi connectivity index (χ2n) is 5.53. The van der Waals surface area contributed by atoms with E-state index >= 15 is 0 Å². The van der Waals surface area contributed by atoms with Gasteiger partial charge in [-0.1, -0.05) is 34.1 Å². The van der Waals surface area contributed by atoms with Crippen molar-refractivity contribution in [3.8, 4) is 0 Å². The molecule has 1 aromatic carbocycles. The lowest BCUT2D eigenvalue weighted by Crippen LogP contribution is -2.33. The van der Waals surface area contributed by atoms with Crippen LogP contribution in [0.2, 0.25) is 0 Å². The molecule has 5 heteroatoms. The molecule has 0 spiro atoms. The van der Waals surface area contributed by atoms with Gasteiger partial charge < -0.3 is 10.6 Å². The van der Waals surface area contributed by atoms with Crippen LogP contribution in [0.25, 0.3) is 0 Å². The number of aryl methyl sites for hydroxylation is 1. The Hall–Kier alpha value is -1.62. The van der Waals surface area contributed by atoms with E-state index in [-0.39, 0.29) is 24.2 Å². The molecule has 2 amide bonds. The number of halogens is 1. The van der Waals surface area contributed by atoms with Gasteiger partial charge in [0.15, 0.2) is 0 Å². The van der Waals surface area contributed by atoms with Crippen molar-refractivity contribution in [2.24, 2.45) is 5.92 Å². The van der Waals surface area contributed by atoms with E-state index < -0.39 is 0 Å². The summed E-state index contributed by atoms with van der Waals surface area (Å²) in [6.07, 6.45) is 7.09. The van der Waals surface area contributed by atoms with Gasteiger partial charge in [0.2, 0.25) is 11.8 Å². The Morgan fingerprint density at radius 1 is 1.32 bits per heavy atom. The van der Waals surface area contributed by atoms with Crippen molar-refractivity contribution in [3.05, 3.63) is 40.4 Å². The summed E-state index contributed by atoms with van der Waals surface area (Å²) in [7, 11) is 0. The summed E-state index contributed by atoms with van der Waals surface area (Å²) in [5, 5.41) is 5.73. The zero-order valence-corrected chi connectivity index (χ0v) is 14.3. The molecule has 2 rings (SSSR count). The number of allylic oxidation sites excluding steroid dienone is 2. The predicted octanol–water partition coefficient (Wildman–Crippen LogP) is 3.56. The van der Waals surface area contributed by atoms with E-state index in [1.807, 2.05) is 25.1 Å². The highest BCUT2D eigenvalue weighted by Gasteiger charge is 2.18. The summed E-state index contributed by atoms with van der Waals surface area (Å²) in [6, 6.07) is 5.75. The predicted molar refractivity (Wildman–Crippen MR) is 91.6 cm³/mol. The number of rotatable bonds is 5. The van der Waals surface area contributed by atoms with Crippen molar-refractivity contribution in [1.29, 1.82) is 0 Å². The van der Waals surface area contributed by atoms with E-state index in [0.717, 1.165) is 35.0 Å². The van der Waals surface area contributed by atoms with E-state index in [2.05, 4.69) is 38.7 Å². The van der Waals surface area contributed by atoms with Crippen molar-refractivity contribution in [3.63, 3.8) is 0 Å². The molecule has 4 nitrogen and oxygen atoms in total. The van der Waals surface area contributed by atoms with Crippen molar-refractivity contribution in [2.75, 3.05) is 11.9 Å². The van der Waals surface area contributed by atoms with Crippen molar-refractivity contribution >= 4 is 33.4 Å². The zero-order chi connectivity index (χ0) is 15.9. The van der Waals surface area contributed by atoms with Crippen LogP contribution in [0.15, 0.2) is 34.8 Å². The standard InChI is InChI=1S/C17H21BrN2O2/c1-12-7-8-14(18)11-15(12)20-16(21)9-10-19-17(22)13-5-3-2-4-6-13/h2-3,7-8,11,13H,4-6,9-10H2,1H3,(H,19,22)(H,20,21). The van der Waals surface area contributed by atoms with Gasteiger partial charge in [-0.15, -0.1) is 0 Å². The fourth-order valence-electron chi connectivity index (χ4n) is 2.42. The normalized spacial score (nSPS) is 17.1. The van der Waals surface area contributed by atoms with E-state index in [1.54, 1.807) is 0 Å². The molecule has 0 aliphatic heterocycles. The monoisotopic (exact) mass is 364 g/mol. The lowest BCUT2D eigenvalue weighted by atomic mass is 9.94. The summed E-state index contributed by atoms with van der Waals surface area (Å²) < 4.78 is 0.923. The topological polar surface area (TPSA) is 58.2 Å². The molecule has 0 aromatic heterocycles. The molecule has 0 heterocycles. The number of amides is 2. The minimum absolute atomic E-state index is 0.0517. The van der Waals surface area contributed by atoms with Crippen LogP contribution in [0.5, 0.6) is 0 Å². The lowest BCUT2D eigenvalue weighted by molar-refractivity contribution is -0.125. The van der Waals surface area contributed by atoms with Gasteiger partial charge in [0.25, 0.3) is 0 Å². The molecular weight excluding hydrogens is 344 g/mol. The van der Waals surface area contributed by atoms with Crippen LogP contribution in [0.3, 0.4) is 0 Å². The SMILES string of the molecule is Cc1ccc(Br)cc1NC(=O)CCNC(=O)C1CC=CCC1. The first-order chi connectivity index (χ1) is 10.6. The minimum Gasteiger partial charge on any atom is -0.355 e. The average Bonchev–Trinajstić information content (AvgIpc) is 2.51. The molecule has 1 unspecified atom stereocenters. The molecule has 0 saturated heterocycles. The van der Waals surface area contributed by atoms with E-state index in [9.17, 15) is 9.59 Å². The first kappa shape index (κ1) is 16.7. The van der Waals surface area contributed by atoms with Gasteiger partial charge in [-0.2, -0.15) is 0 Å². The Morgan fingerprint density at radius 3 is 2.86 bits per heavy atom. The van der Waals surface area contributed by atoms with Crippen LogP contribution in [-0.2, 0) is 9.59 Å². The lowest BCUT2D eigenvalue weighted by Gasteiger charge is -2.17. The number of carbonyl (C=O) groups excluding carboxylic acids is 2. The third kappa shape index (κ3) is 4.98. The maximum atomic E-state index is 12.0. The Labute approximate surface area is 139 Å². The van der Waals surface area contributed by atoms with E-state index in [1.165, 1.54) is 0 Å². The van der Waals surface area contributed by atoms with E-state index in [4.69, 9.17) is 0 Å². The molecule has 1 aliphatic rings. The van der Waals surface area contributed by atoms with Crippen LogP contribution < -0.4 is 10.6 Å².